The van der Waals surface area contributed by atoms with Crippen molar-refractivity contribution >= 4 is 45.0 Å². The van der Waals surface area contributed by atoms with Gasteiger partial charge in [0.25, 0.3) is 5.56 Å². The van der Waals surface area contributed by atoms with Gasteiger partial charge in [0, 0.05) is 28.1 Å². The summed E-state index contributed by atoms with van der Waals surface area (Å²) in [6.07, 6.45) is 1.83. The minimum atomic E-state index is -0.201. The Bertz CT molecular complexity index is 1700. The van der Waals surface area contributed by atoms with Crippen LogP contribution in [-0.4, -0.2) is 29.0 Å². The lowest BCUT2D eigenvalue weighted by atomic mass is 10.1. The molecule has 0 spiro atoms. The van der Waals surface area contributed by atoms with Gasteiger partial charge in [-0.05, 0) is 42.0 Å². The van der Waals surface area contributed by atoms with Gasteiger partial charge in [-0.25, -0.2) is 4.98 Å². The second-order valence-electron chi connectivity index (χ2n) is 8.46. The van der Waals surface area contributed by atoms with Crippen molar-refractivity contribution in [1.29, 1.82) is 0 Å². The summed E-state index contributed by atoms with van der Waals surface area (Å²) in [5.74, 6) is 1.62. The molecule has 178 valence electrons. The quantitative estimate of drug-likeness (QED) is 0.332. The number of halogens is 1. The molecule has 2 aromatic heterocycles. The largest absolute Gasteiger partial charge is 0.489 e. The van der Waals surface area contributed by atoms with Crippen molar-refractivity contribution in [2.24, 2.45) is 0 Å². The zero-order valence-corrected chi connectivity index (χ0v) is 19.8. The highest BCUT2D eigenvalue weighted by Gasteiger charge is 2.24. The highest BCUT2D eigenvalue weighted by atomic mass is 35.5. The number of H-pyrrole nitrogens is 1. The van der Waals surface area contributed by atoms with E-state index in [4.69, 9.17) is 21.1 Å². The van der Waals surface area contributed by atoms with Gasteiger partial charge in [-0.3, -0.25) is 9.59 Å². The van der Waals surface area contributed by atoms with Gasteiger partial charge < -0.3 is 19.4 Å². The lowest BCUT2D eigenvalue weighted by Gasteiger charge is -2.30. The van der Waals surface area contributed by atoms with Crippen LogP contribution in [0.15, 0.2) is 83.8 Å². The van der Waals surface area contributed by atoms with Crippen molar-refractivity contribution in [3.63, 3.8) is 0 Å². The number of amides is 1. The first-order chi connectivity index (χ1) is 17.6. The average Bonchev–Trinajstić information content (AvgIpc) is 2.88. The summed E-state index contributed by atoms with van der Waals surface area (Å²) in [4.78, 5) is 34.4. The maximum atomic E-state index is 13.1. The third kappa shape index (κ3) is 4.03. The summed E-state index contributed by atoms with van der Waals surface area (Å²) in [7, 11) is 0. The number of ether oxygens (including phenoxy) is 2. The van der Waals surface area contributed by atoms with Crippen LogP contribution in [0.4, 0.5) is 5.69 Å². The predicted octanol–water partition coefficient (Wildman–Crippen LogP) is 5.49. The van der Waals surface area contributed by atoms with Crippen LogP contribution in [0.1, 0.15) is 5.56 Å². The summed E-state index contributed by atoms with van der Waals surface area (Å²) in [5, 5.41) is 2.63. The van der Waals surface area contributed by atoms with Crippen LogP contribution in [0, 0.1) is 0 Å². The summed E-state index contributed by atoms with van der Waals surface area (Å²) < 4.78 is 12.1. The van der Waals surface area contributed by atoms with E-state index in [1.807, 2.05) is 36.4 Å². The molecule has 0 aliphatic carbocycles. The molecule has 3 aromatic carbocycles. The zero-order valence-electron chi connectivity index (χ0n) is 19.0. The molecule has 0 saturated carbocycles. The third-order valence-electron chi connectivity index (χ3n) is 6.15. The standard InChI is InChI=1S/C28H20ClN3O4/c29-18-5-3-4-17(14-18)15-25(33)32-12-13-35-24-16-19(8-9-22(24)32)36-23-10-11-30-27-26(23)20-6-1-2-7-21(20)28(34)31-27/h1-11,14,16H,12-13,15H2,(H,30,31,34). The van der Waals surface area contributed by atoms with Crippen LogP contribution in [0.25, 0.3) is 21.8 Å². The number of nitrogens with one attached hydrogen (secondary N) is 1. The van der Waals surface area contributed by atoms with Crippen molar-refractivity contribution in [2.45, 2.75) is 6.42 Å². The summed E-state index contributed by atoms with van der Waals surface area (Å²) in [6.45, 7) is 0.836. The number of anilines is 1. The minimum Gasteiger partial charge on any atom is -0.489 e. The Hall–Kier alpha value is -4.36. The third-order valence-corrected chi connectivity index (χ3v) is 6.39. The Morgan fingerprint density at radius 2 is 1.92 bits per heavy atom. The first-order valence-electron chi connectivity index (χ1n) is 11.5. The van der Waals surface area contributed by atoms with Gasteiger partial charge in [0.15, 0.2) is 0 Å². The highest BCUT2D eigenvalue weighted by molar-refractivity contribution is 6.30. The number of carbonyl (C=O) groups is 1. The van der Waals surface area contributed by atoms with E-state index in [0.717, 1.165) is 10.9 Å². The van der Waals surface area contributed by atoms with E-state index >= 15 is 0 Å². The molecule has 0 saturated heterocycles. The molecule has 5 aromatic rings. The van der Waals surface area contributed by atoms with Crippen molar-refractivity contribution in [3.05, 3.63) is 99.9 Å². The van der Waals surface area contributed by atoms with Gasteiger partial charge in [0.2, 0.25) is 5.91 Å². The maximum Gasteiger partial charge on any atom is 0.257 e. The van der Waals surface area contributed by atoms with Crippen molar-refractivity contribution in [3.8, 4) is 17.2 Å². The number of hydrogen-bond acceptors (Lipinski definition) is 5. The van der Waals surface area contributed by atoms with Gasteiger partial charge in [-0.2, -0.15) is 0 Å². The average molecular weight is 498 g/mol. The molecule has 1 amide bonds. The molecule has 0 radical (unpaired) electrons. The molecule has 1 aliphatic rings. The van der Waals surface area contributed by atoms with Gasteiger partial charge in [-0.1, -0.05) is 41.9 Å². The van der Waals surface area contributed by atoms with Crippen molar-refractivity contribution in [2.75, 3.05) is 18.1 Å². The lowest BCUT2D eigenvalue weighted by Crippen LogP contribution is -2.38. The van der Waals surface area contributed by atoms with Crippen LogP contribution in [-0.2, 0) is 11.2 Å². The Balaban J connectivity index is 1.32. The van der Waals surface area contributed by atoms with E-state index in [2.05, 4.69) is 9.97 Å². The highest BCUT2D eigenvalue weighted by Crippen LogP contribution is 2.38. The molecule has 0 fully saturated rings. The molecule has 1 aliphatic heterocycles. The first-order valence-corrected chi connectivity index (χ1v) is 11.8. The molecular weight excluding hydrogens is 478 g/mol. The molecule has 6 rings (SSSR count). The van der Waals surface area contributed by atoms with Gasteiger partial charge in [0.1, 0.15) is 29.5 Å². The van der Waals surface area contributed by atoms with Gasteiger partial charge in [-0.15, -0.1) is 0 Å². The molecule has 1 N–H and O–H groups in total. The number of carbonyl (C=O) groups excluding carboxylic acids is 1. The second-order valence-corrected chi connectivity index (χ2v) is 8.90. The first kappa shape index (κ1) is 22.1. The SMILES string of the molecule is O=C(Cc1cccc(Cl)c1)N1CCOc2cc(Oc3ccnc4[nH]c(=O)c5ccccc5c34)ccc21. The van der Waals surface area contributed by atoms with Crippen LogP contribution in [0.3, 0.4) is 0 Å². The monoisotopic (exact) mass is 497 g/mol. The fourth-order valence-electron chi connectivity index (χ4n) is 4.53. The van der Waals surface area contributed by atoms with Crippen molar-refractivity contribution in [1.82, 2.24) is 9.97 Å². The number of aromatic nitrogens is 2. The Morgan fingerprint density at radius 1 is 1.06 bits per heavy atom. The van der Waals surface area contributed by atoms with E-state index in [9.17, 15) is 9.59 Å². The number of rotatable bonds is 4. The fraction of sp³-hybridized carbons (Fsp3) is 0.107. The van der Waals surface area contributed by atoms with E-state index in [1.54, 1.807) is 47.5 Å². The Morgan fingerprint density at radius 3 is 2.78 bits per heavy atom. The van der Waals surface area contributed by atoms with E-state index in [1.165, 1.54) is 0 Å². The van der Waals surface area contributed by atoms with E-state index in [-0.39, 0.29) is 17.9 Å². The second kappa shape index (κ2) is 9.02. The van der Waals surface area contributed by atoms with Gasteiger partial charge >= 0.3 is 0 Å². The maximum absolute atomic E-state index is 13.1. The van der Waals surface area contributed by atoms with E-state index < -0.39 is 0 Å². The number of hydrogen-bond donors (Lipinski definition) is 1. The topological polar surface area (TPSA) is 84.5 Å². The number of nitrogens with zero attached hydrogens (tertiary/aromatic N) is 2. The molecule has 3 heterocycles. The molecule has 0 unspecified atom stereocenters. The summed E-state index contributed by atoms with van der Waals surface area (Å²) in [6, 6.07) is 21.8. The minimum absolute atomic E-state index is 0.0361. The van der Waals surface area contributed by atoms with Crippen LogP contribution in [0.2, 0.25) is 5.02 Å². The summed E-state index contributed by atoms with van der Waals surface area (Å²) >= 11 is 6.08. The summed E-state index contributed by atoms with van der Waals surface area (Å²) in [5.41, 5.74) is 1.79. The molecule has 0 atom stereocenters. The van der Waals surface area contributed by atoms with Gasteiger partial charge in [0.05, 0.1) is 24.0 Å². The van der Waals surface area contributed by atoms with Crippen molar-refractivity contribution < 1.29 is 14.3 Å². The zero-order chi connectivity index (χ0) is 24.6. The molecule has 8 heteroatoms. The molecular formula is C28H20ClN3O4. The molecule has 0 bridgehead atoms. The Labute approximate surface area is 210 Å². The number of fused-ring (bicyclic) bond motifs is 4. The number of aromatic amines is 1. The van der Waals surface area contributed by atoms with Crippen LogP contribution < -0.4 is 19.9 Å². The lowest BCUT2D eigenvalue weighted by molar-refractivity contribution is -0.118. The predicted molar refractivity (Wildman–Crippen MR) is 139 cm³/mol. The van der Waals surface area contributed by atoms with Crippen LogP contribution >= 0.6 is 11.6 Å². The Kier molecular flexibility index (Phi) is 5.54. The van der Waals surface area contributed by atoms with Crippen LogP contribution in [0.5, 0.6) is 17.2 Å². The molecule has 36 heavy (non-hydrogen) atoms. The normalized spacial score (nSPS) is 12.9. The van der Waals surface area contributed by atoms with E-state index in [0.29, 0.717) is 57.5 Å². The smallest absolute Gasteiger partial charge is 0.257 e. The number of benzene rings is 3. The molecule has 7 nitrogen and oxygen atoms in total. The fourth-order valence-corrected chi connectivity index (χ4v) is 4.74. The number of pyridine rings is 2.